The maximum Gasteiger partial charge on any atom is 0.115 e. The molecule has 1 N–H and O–H groups in total. The van der Waals surface area contributed by atoms with E-state index in [9.17, 15) is 0 Å². The summed E-state index contributed by atoms with van der Waals surface area (Å²) in [5.74, 6) is 1.50. The van der Waals surface area contributed by atoms with Crippen molar-refractivity contribution < 1.29 is 0 Å². The lowest BCUT2D eigenvalue weighted by Gasteiger charge is -2.44. The fraction of sp³-hybridized carbons (Fsp3) is 0.765. The monoisotopic (exact) mass is 275 g/mol. The van der Waals surface area contributed by atoms with Crippen LogP contribution in [0.3, 0.4) is 0 Å². The lowest BCUT2D eigenvalue weighted by atomic mass is 9.64. The van der Waals surface area contributed by atoms with Crippen molar-refractivity contribution in [2.24, 2.45) is 11.8 Å². The fourth-order valence-corrected chi connectivity index (χ4v) is 3.65. The predicted molar refractivity (Wildman–Crippen MR) is 83.6 cm³/mol. The molecular weight excluding hydrogens is 246 g/mol. The second kappa shape index (κ2) is 6.66. The van der Waals surface area contributed by atoms with Gasteiger partial charge in [-0.15, -0.1) is 0 Å². The van der Waals surface area contributed by atoms with Crippen LogP contribution in [0.25, 0.3) is 0 Å². The van der Waals surface area contributed by atoms with Crippen molar-refractivity contribution in [2.45, 2.75) is 64.8 Å². The Kier molecular flexibility index (Phi) is 5.14. The quantitative estimate of drug-likeness (QED) is 0.893. The number of nitrogens with zero attached hydrogens (tertiary/aromatic N) is 2. The summed E-state index contributed by atoms with van der Waals surface area (Å²) in [5, 5.41) is 3.79. The molecule has 3 heteroatoms. The summed E-state index contributed by atoms with van der Waals surface area (Å²) < 4.78 is 0. The Bertz CT molecular complexity index is 402. The minimum Gasteiger partial charge on any atom is -0.314 e. The van der Waals surface area contributed by atoms with Crippen LogP contribution in [0, 0.1) is 11.8 Å². The molecule has 20 heavy (non-hydrogen) atoms. The summed E-state index contributed by atoms with van der Waals surface area (Å²) in [6, 6.07) is 0.619. The van der Waals surface area contributed by atoms with Gasteiger partial charge in [0, 0.05) is 18.4 Å². The minimum absolute atomic E-state index is 0.132. The van der Waals surface area contributed by atoms with Gasteiger partial charge in [-0.1, -0.05) is 34.1 Å². The zero-order valence-electron chi connectivity index (χ0n) is 13.4. The number of hydrogen-bond donors (Lipinski definition) is 1. The molecule has 1 aromatic heterocycles. The smallest absolute Gasteiger partial charge is 0.115 e. The molecule has 1 aliphatic carbocycles. The van der Waals surface area contributed by atoms with Gasteiger partial charge in [0.1, 0.15) is 6.33 Å². The Balaban J connectivity index is 2.18. The van der Waals surface area contributed by atoms with Crippen LogP contribution in [-0.4, -0.2) is 22.6 Å². The molecule has 0 bridgehead atoms. The lowest BCUT2D eigenvalue weighted by Crippen LogP contribution is -2.48. The Morgan fingerprint density at radius 1 is 1.25 bits per heavy atom. The van der Waals surface area contributed by atoms with Gasteiger partial charge in [0.2, 0.25) is 0 Å². The molecular formula is C17H29N3. The summed E-state index contributed by atoms with van der Waals surface area (Å²) in [4.78, 5) is 8.43. The van der Waals surface area contributed by atoms with Crippen LogP contribution in [0.1, 0.15) is 58.9 Å². The van der Waals surface area contributed by atoms with Gasteiger partial charge >= 0.3 is 0 Å². The molecule has 3 nitrogen and oxygen atoms in total. The summed E-state index contributed by atoms with van der Waals surface area (Å²) in [6.45, 7) is 10.5. The van der Waals surface area contributed by atoms with Gasteiger partial charge in [-0.25, -0.2) is 9.97 Å². The van der Waals surface area contributed by atoms with Gasteiger partial charge in [0.25, 0.3) is 0 Å². The maximum atomic E-state index is 4.22. The second-order valence-corrected chi connectivity index (χ2v) is 6.93. The summed E-state index contributed by atoms with van der Waals surface area (Å²) in [6.07, 6.45) is 10.7. The molecule has 1 saturated carbocycles. The highest BCUT2D eigenvalue weighted by atomic mass is 14.9. The van der Waals surface area contributed by atoms with E-state index >= 15 is 0 Å². The van der Waals surface area contributed by atoms with E-state index in [2.05, 4.69) is 43.0 Å². The number of nitrogens with one attached hydrogen (secondary N) is 1. The molecule has 1 aromatic rings. The number of rotatable bonds is 5. The molecule has 1 fully saturated rings. The molecule has 2 rings (SSSR count). The number of aromatic nitrogens is 2. The van der Waals surface area contributed by atoms with Crippen molar-refractivity contribution in [3.8, 4) is 0 Å². The minimum atomic E-state index is 0.132. The van der Waals surface area contributed by atoms with Crippen molar-refractivity contribution in [1.82, 2.24) is 15.3 Å². The van der Waals surface area contributed by atoms with E-state index in [4.69, 9.17) is 0 Å². The molecule has 112 valence electrons. The Labute approximate surface area is 123 Å². The van der Waals surface area contributed by atoms with E-state index in [-0.39, 0.29) is 5.41 Å². The Morgan fingerprint density at radius 2 is 1.95 bits per heavy atom. The van der Waals surface area contributed by atoms with Crippen molar-refractivity contribution in [3.05, 3.63) is 24.3 Å². The van der Waals surface area contributed by atoms with Crippen molar-refractivity contribution >= 4 is 0 Å². The highest BCUT2D eigenvalue weighted by Crippen LogP contribution is 2.41. The summed E-state index contributed by atoms with van der Waals surface area (Å²) in [7, 11) is 0. The first-order valence-electron chi connectivity index (χ1n) is 8.04. The normalized spacial score (nSPS) is 27.5. The van der Waals surface area contributed by atoms with Crippen LogP contribution in [0.4, 0.5) is 0 Å². The third-order valence-electron chi connectivity index (χ3n) is 5.00. The van der Waals surface area contributed by atoms with Crippen molar-refractivity contribution in [3.63, 3.8) is 0 Å². The highest BCUT2D eigenvalue weighted by Gasteiger charge is 2.39. The molecule has 0 radical (unpaired) electrons. The zero-order chi connectivity index (χ0) is 14.6. The van der Waals surface area contributed by atoms with Gasteiger partial charge in [-0.2, -0.15) is 0 Å². The van der Waals surface area contributed by atoms with Crippen LogP contribution < -0.4 is 5.32 Å². The standard InChI is InChI=1S/C17H29N3/c1-5-8-20-16-9-13(2)6-7-15(16)17(3,4)14-10-18-12-19-11-14/h10-13,15-16,20H,5-9H2,1-4H3. The largest absolute Gasteiger partial charge is 0.314 e. The second-order valence-electron chi connectivity index (χ2n) is 6.93. The predicted octanol–water partition coefficient (Wildman–Crippen LogP) is 3.56. The van der Waals surface area contributed by atoms with E-state index in [1.54, 1.807) is 6.33 Å². The van der Waals surface area contributed by atoms with Gasteiger partial charge < -0.3 is 5.32 Å². The van der Waals surface area contributed by atoms with Crippen molar-refractivity contribution in [1.29, 1.82) is 0 Å². The molecule has 1 heterocycles. The van der Waals surface area contributed by atoms with Crippen LogP contribution in [0.15, 0.2) is 18.7 Å². The summed E-state index contributed by atoms with van der Waals surface area (Å²) >= 11 is 0. The van der Waals surface area contributed by atoms with E-state index < -0.39 is 0 Å². The van der Waals surface area contributed by atoms with Crippen LogP contribution in [-0.2, 0) is 5.41 Å². The van der Waals surface area contributed by atoms with Crippen LogP contribution >= 0.6 is 0 Å². The molecule has 3 unspecified atom stereocenters. The Hall–Kier alpha value is -0.960. The zero-order valence-corrected chi connectivity index (χ0v) is 13.4. The first-order valence-corrected chi connectivity index (χ1v) is 8.04. The lowest BCUT2D eigenvalue weighted by molar-refractivity contribution is 0.145. The van der Waals surface area contributed by atoms with Crippen LogP contribution in [0.2, 0.25) is 0 Å². The molecule has 0 aromatic carbocycles. The molecule has 3 atom stereocenters. The van der Waals surface area contributed by atoms with Crippen molar-refractivity contribution in [2.75, 3.05) is 6.54 Å². The highest BCUT2D eigenvalue weighted by molar-refractivity contribution is 5.19. The fourth-order valence-electron chi connectivity index (χ4n) is 3.65. The third kappa shape index (κ3) is 3.38. The first-order chi connectivity index (χ1) is 9.55. The van der Waals surface area contributed by atoms with Gasteiger partial charge in [-0.05, 0) is 48.6 Å². The molecule has 0 spiro atoms. The molecule has 0 amide bonds. The average Bonchev–Trinajstić information content (AvgIpc) is 2.46. The van der Waals surface area contributed by atoms with E-state index in [0.29, 0.717) is 12.0 Å². The molecule has 1 aliphatic rings. The van der Waals surface area contributed by atoms with Gasteiger partial charge in [0.15, 0.2) is 0 Å². The third-order valence-corrected chi connectivity index (χ3v) is 5.00. The van der Waals surface area contributed by atoms with Crippen LogP contribution in [0.5, 0.6) is 0 Å². The first kappa shape index (κ1) is 15.4. The maximum absolute atomic E-state index is 4.22. The van der Waals surface area contributed by atoms with E-state index in [0.717, 1.165) is 12.5 Å². The van der Waals surface area contributed by atoms with Gasteiger partial charge in [-0.3, -0.25) is 0 Å². The Morgan fingerprint density at radius 3 is 2.60 bits per heavy atom. The number of hydrogen-bond acceptors (Lipinski definition) is 3. The van der Waals surface area contributed by atoms with E-state index in [1.165, 1.54) is 31.2 Å². The molecule has 0 aliphatic heterocycles. The van der Waals surface area contributed by atoms with E-state index in [1.807, 2.05) is 12.4 Å². The summed E-state index contributed by atoms with van der Waals surface area (Å²) in [5.41, 5.74) is 1.40. The average molecular weight is 275 g/mol. The van der Waals surface area contributed by atoms with Gasteiger partial charge in [0.05, 0.1) is 0 Å². The SMILES string of the molecule is CCCNC1CC(C)CCC1C(C)(C)c1cncnc1. The topological polar surface area (TPSA) is 37.8 Å². The molecule has 0 saturated heterocycles.